The van der Waals surface area contributed by atoms with E-state index in [0.717, 1.165) is 0 Å². The molecule has 0 bridgehead atoms. The van der Waals surface area contributed by atoms with Gasteiger partial charge in [0.25, 0.3) is 11.8 Å². The van der Waals surface area contributed by atoms with E-state index in [-0.39, 0.29) is 16.5 Å². The maximum absolute atomic E-state index is 12.9. The number of nitrogens with one attached hydrogen (secondary N) is 2. The molecule has 0 aliphatic carbocycles. The third-order valence-electron chi connectivity index (χ3n) is 4.46. The van der Waals surface area contributed by atoms with Crippen molar-refractivity contribution in [3.63, 3.8) is 0 Å². The van der Waals surface area contributed by atoms with E-state index in [1.165, 1.54) is 13.2 Å². The summed E-state index contributed by atoms with van der Waals surface area (Å²) in [5.74, 6) is -0.383. The van der Waals surface area contributed by atoms with Crippen molar-refractivity contribution in [2.24, 2.45) is 0 Å². The number of methoxy groups -OCH3 is 2. The molecular formula is C22H21Cl2N3O4. The van der Waals surface area contributed by atoms with Crippen LogP contribution in [0.2, 0.25) is 10.0 Å². The number of carbonyl (C=O) groups is 2. The number of aromatic nitrogens is 1. The SMILES string of the molecule is COCCNC(=O)c1ccc(NC(=O)c2cc(Cl)c(-n3cccc3)cc2OC)cc1Cl. The molecule has 0 radical (unpaired) electrons. The molecule has 0 unspecified atom stereocenters. The normalized spacial score (nSPS) is 10.6. The number of rotatable bonds is 8. The van der Waals surface area contributed by atoms with Crippen LogP contribution in [0.25, 0.3) is 5.69 Å². The van der Waals surface area contributed by atoms with Crippen LogP contribution < -0.4 is 15.4 Å². The molecule has 0 aliphatic rings. The summed E-state index contributed by atoms with van der Waals surface area (Å²) in [5.41, 5.74) is 1.68. The third kappa shape index (κ3) is 5.38. The molecule has 31 heavy (non-hydrogen) atoms. The van der Waals surface area contributed by atoms with E-state index in [1.807, 2.05) is 29.1 Å². The molecule has 2 N–H and O–H groups in total. The van der Waals surface area contributed by atoms with Gasteiger partial charge >= 0.3 is 0 Å². The lowest BCUT2D eigenvalue weighted by Gasteiger charge is -2.14. The Labute approximate surface area is 189 Å². The Morgan fingerprint density at radius 2 is 1.71 bits per heavy atom. The van der Waals surface area contributed by atoms with E-state index >= 15 is 0 Å². The first-order chi connectivity index (χ1) is 14.9. The number of ether oxygens (including phenoxy) is 2. The highest BCUT2D eigenvalue weighted by Crippen LogP contribution is 2.31. The number of amides is 2. The van der Waals surface area contributed by atoms with Gasteiger partial charge in [0.15, 0.2) is 0 Å². The number of halogens is 2. The highest BCUT2D eigenvalue weighted by atomic mass is 35.5. The molecule has 0 atom stereocenters. The van der Waals surface area contributed by atoms with Crippen molar-refractivity contribution >= 4 is 40.7 Å². The van der Waals surface area contributed by atoms with Gasteiger partial charge in [0.2, 0.25) is 0 Å². The fraction of sp³-hybridized carbons (Fsp3) is 0.182. The summed E-state index contributed by atoms with van der Waals surface area (Å²) < 4.78 is 12.1. The van der Waals surface area contributed by atoms with Crippen molar-refractivity contribution in [3.8, 4) is 11.4 Å². The average Bonchev–Trinajstić information content (AvgIpc) is 3.28. The van der Waals surface area contributed by atoms with Crippen LogP contribution in [-0.2, 0) is 4.74 Å². The molecule has 0 saturated carbocycles. The lowest BCUT2D eigenvalue weighted by Crippen LogP contribution is -2.27. The summed E-state index contributed by atoms with van der Waals surface area (Å²) in [7, 11) is 3.03. The van der Waals surface area contributed by atoms with Crippen LogP contribution in [0.1, 0.15) is 20.7 Å². The van der Waals surface area contributed by atoms with Crippen molar-refractivity contribution < 1.29 is 19.1 Å². The van der Waals surface area contributed by atoms with Crippen LogP contribution in [0.4, 0.5) is 5.69 Å². The Morgan fingerprint density at radius 3 is 2.35 bits per heavy atom. The molecule has 1 heterocycles. The van der Waals surface area contributed by atoms with Crippen LogP contribution in [0.5, 0.6) is 5.75 Å². The summed E-state index contributed by atoms with van der Waals surface area (Å²) in [5, 5.41) is 6.05. The highest BCUT2D eigenvalue weighted by molar-refractivity contribution is 6.34. The minimum atomic E-state index is -0.425. The number of hydrogen-bond acceptors (Lipinski definition) is 4. The number of nitrogens with zero attached hydrogens (tertiary/aromatic N) is 1. The number of benzene rings is 2. The van der Waals surface area contributed by atoms with Gasteiger partial charge in [-0.3, -0.25) is 9.59 Å². The highest BCUT2D eigenvalue weighted by Gasteiger charge is 2.18. The molecule has 1 aromatic heterocycles. The zero-order chi connectivity index (χ0) is 22.4. The summed E-state index contributed by atoms with van der Waals surface area (Å²) in [4.78, 5) is 25.0. The Bertz CT molecular complexity index is 1080. The lowest BCUT2D eigenvalue weighted by atomic mass is 10.1. The maximum atomic E-state index is 12.9. The van der Waals surface area contributed by atoms with Crippen LogP contribution in [0.3, 0.4) is 0 Å². The Kier molecular flexibility index (Phi) is 7.57. The number of carbonyl (C=O) groups excluding carboxylic acids is 2. The monoisotopic (exact) mass is 461 g/mol. The first-order valence-electron chi connectivity index (χ1n) is 9.33. The molecular weight excluding hydrogens is 441 g/mol. The molecule has 2 amide bonds. The van der Waals surface area contributed by atoms with Crippen LogP contribution >= 0.6 is 23.2 Å². The topological polar surface area (TPSA) is 81.6 Å². The van der Waals surface area contributed by atoms with Crippen molar-refractivity contribution in [2.75, 3.05) is 32.7 Å². The summed E-state index contributed by atoms with van der Waals surface area (Å²) >= 11 is 12.6. The van der Waals surface area contributed by atoms with E-state index < -0.39 is 5.91 Å². The van der Waals surface area contributed by atoms with E-state index in [4.69, 9.17) is 32.7 Å². The molecule has 0 fully saturated rings. The van der Waals surface area contributed by atoms with Crippen LogP contribution in [0, 0.1) is 0 Å². The smallest absolute Gasteiger partial charge is 0.259 e. The van der Waals surface area contributed by atoms with E-state index in [1.54, 1.807) is 31.4 Å². The summed E-state index contributed by atoms with van der Waals surface area (Å²) in [6, 6.07) is 11.6. The largest absolute Gasteiger partial charge is 0.496 e. The first kappa shape index (κ1) is 22.7. The Hall–Kier alpha value is -3.00. The second-order valence-corrected chi connectivity index (χ2v) is 7.31. The summed E-state index contributed by atoms with van der Waals surface area (Å²) in [6.07, 6.45) is 3.69. The molecule has 0 aliphatic heterocycles. The second-order valence-electron chi connectivity index (χ2n) is 6.49. The molecule has 7 nitrogen and oxygen atoms in total. The van der Waals surface area contributed by atoms with Gasteiger partial charge in [-0.2, -0.15) is 0 Å². The maximum Gasteiger partial charge on any atom is 0.259 e. The predicted molar refractivity (Wildman–Crippen MR) is 121 cm³/mol. The van der Waals surface area contributed by atoms with E-state index in [0.29, 0.717) is 40.9 Å². The van der Waals surface area contributed by atoms with Gasteiger partial charge in [0.05, 0.1) is 40.6 Å². The number of anilines is 1. The minimum Gasteiger partial charge on any atom is -0.496 e. The van der Waals surface area contributed by atoms with Gasteiger partial charge in [-0.15, -0.1) is 0 Å². The van der Waals surface area contributed by atoms with Crippen molar-refractivity contribution in [3.05, 3.63) is 76.0 Å². The molecule has 3 rings (SSSR count). The van der Waals surface area contributed by atoms with Crippen LogP contribution in [-0.4, -0.2) is 43.8 Å². The molecule has 162 valence electrons. The average molecular weight is 462 g/mol. The van der Waals surface area contributed by atoms with Gasteiger partial charge in [-0.1, -0.05) is 23.2 Å². The fourth-order valence-corrected chi connectivity index (χ4v) is 3.45. The minimum absolute atomic E-state index is 0.209. The number of hydrogen-bond donors (Lipinski definition) is 2. The van der Waals surface area contributed by atoms with Gasteiger partial charge in [-0.05, 0) is 36.4 Å². The van der Waals surface area contributed by atoms with Gasteiger partial charge < -0.3 is 24.7 Å². The van der Waals surface area contributed by atoms with Crippen LogP contribution in [0.15, 0.2) is 54.9 Å². The zero-order valence-corrected chi connectivity index (χ0v) is 18.5. The quantitative estimate of drug-likeness (QED) is 0.486. The third-order valence-corrected chi connectivity index (χ3v) is 5.07. The lowest BCUT2D eigenvalue weighted by molar-refractivity contribution is 0.0936. The second kappa shape index (κ2) is 10.3. The molecule has 2 aromatic carbocycles. The Balaban J connectivity index is 1.79. The fourth-order valence-electron chi connectivity index (χ4n) is 2.92. The Morgan fingerprint density at radius 1 is 0.968 bits per heavy atom. The molecule has 3 aromatic rings. The zero-order valence-electron chi connectivity index (χ0n) is 16.9. The predicted octanol–water partition coefficient (Wildman–Crippen LogP) is 4.42. The van der Waals surface area contributed by atoms with Crippen molar-refractivity contribution in [2.45, 2.75) is 0 Å². The molecule has 0 spiro atoms. The summed E-state index contributed by atoms with van der Waals surface area (Å²) in [6.45, 7) is 0.759. The van der Waals surface area contributed by atoms with E-state index in [9.17, 15) is 9.59 Å². The first-order valence-corrected chi connectivity index (χ1v) is 10.1. The van der Waals surface area contributed by atoms with Gasteiger partial charge in [0, 0.05) is 37.8 Å². The van der Waals surface area contributed by atoms with Gasteiger partial charge in [-0.25, -0.2) is 0 Å². The molecule has 0 saturated heterocycles. The molecule has 9 heteroatoms. The van der Waals surface area contributed by atoms with Gasteiger partial charge in [0.1, 0.15) is 5.75 Å². The van der Waals surface area contributed by atoms with Crippen molar-refractivity contribution in [1.29, 1.82) is 0 Å². The van der Waals surface area contributed by atoms with Crippen molar-refractivity contribution in [1.82, 2.24) is 9.88 Å². The van der Waals surface area contributed by atoms with E-state index in [2.05, 4.69) is 10.6 Å². The standard InChI is InChI=1S/C22H21Cl2N3O4/c1-30-10-7-25-21(28)15-6-5-14(11-17(15)23)26-22(29)16-12-18(24)19(13-20(16)31-2)27-8-3-4-9-27/h3-6,8-9,11-13H,7,10H2,1-2H3,(H,25,28)(H,26,29).